The molecule has 0 atom stereocenters. The Bertz CT molecular complexity index is 742. The van der Waals surface area contributed by atoms with E-state index in [1.54, 1.807) is 12.1 Å². The van der Waals surface area contributed by atoms with Crippen LogP contribution >= 0.6 is 46.3 Å². The second-order valence-corrected chi connectivity index (χ2v) is 7.19. The standard InChI is InChI=1S/C13H11Cl2N3O4S2/c1-21-11(20)6-23-13-18-17-12(24-13)16-10(19)5-22-9-3-2-7(14)4-8(9)15/h2-4H,5-6H2,1H3,(H,16,17,19). The van der Waals surface area contributed by atoms with Gasteiger partial charge in [0.25, 0.3) is 5.91 Å². The third-order valence-corrected chi connectivity index (χ3v) is 4.92. The van der Waals surface area contributed by atoms with Crippen LogP contribution in [-0.2, 0) is 14.3 Å². The molecule has 1 aromatic carbocycles. The lowest BCUT2D eigenvalue weighted by Gasteiger charge is -2.07. The lowest BCUT2D eigenvalue weighted by molar-refractivity contribution is -0.137. The maximum Gasteiger partial charge on any atom is 0.316 e. The van der Waals surface area contributed by atoms with Crippen molar-refractivity contribution in [3.8, 4) is 5.75 Å². The predicted octanol–water partition coefficient (Wildman–Crippen LogP) is 3.13. The Kier molecular flexibility index (Phi) is 7.10. The van der Waals surface area contributed by atoms with Crippen molar-refractivity contribution in [1.82, 2.24) is 10.2 Å². The molecular weight excluding hydrogens is 397 g/mol. The molecule has 1 heterocycles. The Morgan fingerprint density at radius 3 is 2.83 bits per heavy atom. The van der Waals surface area contributed by atoms with Gasteiger partial charge in [0.2, 0.25) is 5.13 Å². The van der Waals surface area contributed by atoms with Gasteiger partial charge in [-0.2, -0.15) is 0 Å². The largest absolute Gasteiger partial charge is 0.482 e. The van der Waals surface area contributed by atoms with Gasteiger partial charge in [0.05, 0.1) is 17.9 Å². The summed E-state index contributed by atoms with van der Waals surface area (Å²) in [6, 6.07) is 4.70. The van der Waals surface area contributed by atoms with Crippen molar-refractivity contribution >= 4 is 63.3 Å². The highest BCUT2D eigenvalue weighted by Gasteiger charge is 2.12. The van der Waals surface area contributed by atoms with E-state index in [2.05, 4.69) is 20.3 Å². The number of hydrogen-bond acceptors (Lipinski definition) is 8. The minimum Gasteiger partial charge on any atom is -0.482 e. The molecule has 1 N–H and O–H groups in total. The second-order valence-electron chi connectivity index (χ2n) is 4.15. The summed E-state index contributed by atoms with van der Waals surface area (Å²) >= 11 is 14.0. The molecule has 0 spiro atoms. The zero-order valence-corrected chi connectivity index (χ0v) is 15.4. The summed E-state index contributed by atoms with van der Waals surface area (Å²) < 4.78 is 10.4. The Labute approximate surface area is 155 Å². The van der Waals surface area contributed by atoms with Crippen LogP contribution in [0.5, 0.6) is 5.75 Å². The number of nitrogens with one attached hydrogen (secondary N) is 1. The lowest BCUT2D eigenvalue weighted by atomic mass is 10.3. The number of nitrogens with zero attached hydrogens (tertiary/aromatic N) is 2. The van der Waals surface area contributed by atoms with E-state index in [4.69, 9.17) is 27.9 Å². The van der Waals surface area contributed by atoms with Gasteiger partial charge in [-0.1, -0.05) is 46.3 Å². The number of carbonyl (C=O) groups excluding carboxylic acids is 2. The number of hydrogen-bond donors (Lipinski definition) is 1. The number of anilines is 1. The Morgan fingerprint density at radius 2 is 2.12 bits per heavy atom. The number of benzene rings is 1. The topological polar surface area (TPSA) is 90.4 Å². The molecule has 0 fully saturated rings. The number of carbonyl (C=O) groups is 2. The molecule has 2 aromatic rings. The zero-order valence-electron chi connectivity index (χ0n) is 12.2. The molecule has 0 aliphatic carbocycles. The van der Waals surface area contributed by atoms with Crippen molar-refractivity contribution in [3.63, 3.8) is 0 Å². The highest BCUT2D eigenvalue weighted by Crippen LogP contribution is 2.28. The van der Waals surface area contributed by atoms with E-state index in [0.717, 1.165) is 11.3 Å². The number of amides is 1. The van der Waals surface area contributed by atoms with E-state index in [1.807, 2.05) is 0 Å². The predicted molar refractivity (Wildman–Crippen MR) is 93.2 cm³/mol. The first kappa shape index (κ1) is 18.8. The molecule has 11 heteroatoms. The fourth-order valence-electron chi connectivity index (χ4n) is 1.39. The van der Waals surface area contributed by atoms with Crippen LogP contribution in [0.15, 0.2) is 22.5 Å². The number of thioether (sulfide) groups is 1. The van der Waals surface area contributed by atoms with Crippen molar-refractivity contribution in [2.45, 2.75) is 4.34 Å². The molecule has 0 unspecified atom stereocenters. The molecular formula is C13H11Cl2N3O4S2. The van der Waals surface area contributed by atoms with E-state index in [1.165, 1.54) is 24.9 Å². The molecule has 24 heavy (non-hydrogen) atoms. The first-order valence-corrected chi connectivity index (χ1v) is 8.94. The third kappa shape index (κ3) is 5.82. The normalized spacial score (nSPS) is 10.3. The number of halogens is 2. The molecule has 0 radical (unpaired) electrons. The summed E-state index contributed by atoms with van der Waals surface area (Å²) in [5, 5.41) is 11.3. The summed E-state index contributed by atoms with van der Waals surface area (Å²) in [7, 11) is 1.31. The van der Waals surface area contributed by atoms with Crippen LogP contribution in [0.4, 0.5) is 5.13 Å². The smallest absolute Gasteiger partial charge is 0.316 e. The lowest BCUT2D eigenvalue weighted by Crippen LogP contribution is -2.20. The first-order chi connectivity index (χ1) is 11.5. The Morgan fingerprint density at radius 1 is 1.33 bits per heavy atom. The first-order valence-electron chi connectivity index (χ1n) is 6.38. The van der Waals surface area contributed by atoms with Gasteiger partial charge >= 0.3 is 5.97 Å². The molecule has 1 aromatic heterocycles. The third-order valence-electron chi connectivity index (χ3n) is 2.45. The molecule has 0 aliphatic rings. The van der Waals surface area contributed by atoms with Crippen molar-refractivity contribution in [1.29, 1.82) is 0 Å². The van der Waals surface area contributed by atoms with Crippen LogP contribution in [-0.4, -0.2) is 41.5 Å². The number of methoxy groups -OCH3 is 1. The summed E-state index contributed by atoms with van der Waals surface area (Å²) in [5.74, 6) is -0.310. The number of rotatable bonds is 7. The quantitative estimate of drug-likeness (QED) is 0.428. The van der Waals surface area contributed by atoms with Crippen molar-refractivity contribution in [2.24, 2.45) is 0 Å². The van der Waals surface area contributed by atoms with Gasteiger partial charge in [0, 0.05) is 5.02 Å². The minimum atomic E-state index is -0.415. The maximum atomic E-state index is 11.8. The number of aromatic nitrogens is 2. The molecule has 7 nitrogen and oxygen atoms in total. The van der Waals surface area contributed by atoms with Gasteiger partial charge in [-0.15, -0.1) is 10.2 Å². The monoisotopic (exact) mass is 407 g/mol. The van der Waals surface area contributed by atoms with Gasteiger partial charge in [-0.3, -0.25) is 14.9 Å². The van der Waals surface area contributed by atoms with E-state index >= 15 is 0 Å². The molecule has 0 aliphatic heterocycles. The number of esters is 1. The van der Waals surface area contributed by atoms with Crippen molar-refractivity contribution < 1.29 is 19.1 Å². The average Bonchev–Trinajstić information content (AvgIpc) is 2.99. The zero-order chi connectivity index (χ0) is 17.5. The molecule has 0 saturated carbocycles. The summed E-state index contributed by atoms with van der Waals surface area (Å²) in [4.78, 5) is 22.9. The van der Waals surface area contributed by atoms with E-state index in [-0.39, 0.29) is 18.3 Å². The highest BCUT2D eigenvalue weighted by molar-refractivity contribution is 8.01. The van der Waals surface area contributed by atoms with E-state index < -0.39 is 5.91 Å². The second kappa shape index (κ2) is 9.07. The number of ether oxygens (including phenoxy) is 2. The minimum absolute atomic E-state index is 0.122. The fraction of sp³-hybridized carbons (Fsp3) is 0.231. The van der Waals surface area contributed by atoms with Crippen LogP contribution < -0.4 is 10.1 Å². The fourth-order valence-corrected chi connectivity index (χ4v) is 3.45. The van der Waals surface area contributed by atoms with Crippen LogP contribution in [0.1, 0.15) is 0 Å². The Hall–Kier alpha value is -1.55. The van der Waals surface area contributed by atoms with Crippen LogP contribution in [0.3, 0.4) is 0 Å². The molecule has 0 saturated heterocycles. The SMILES string of the molecule is COC(=O)CSc1nnc(NC(=O)COc2ccc(Cl)cc2Cl)s1. The van der Waals surface area contributed by atoms with Gasteiger partial charge in [0.15, 0.2) is 10.9 Å². The van der Waals surface area contributed by atoms with E-state index in [9.17, 15) is 9.59 Å². The summed E-state index contributed by atoms with van der Waals surface area (Å²) in [5.41, 5.74) is 0. The maximum absolute atomic E-state index is 11.8. The van der Waals surface area contributed by atoms with Gasteiger partial charge < -0.3 is 9.47 Å². The Balaban J connectivity index is 1.82. The molecule has 128 valence electrons. The average molecular weight is 408 g/mol. The van der Waals surface area contributed by atoms with E-state index in [0.29, 0.717) is 25.3 Å². The molecule has 1 amide bonds. The highest BCUT2D eigenvalue weighted by atomic mass is 35.5. The van der Waals surface area contributed by atoms with Crippen LogP contribution in [0.25, 0.3) is 0 Å². The van der Waals surface area contributed by atoms with Crippen LogP contribution in [0.2, 0.25) is 10.0 Å². The van der Waals surface area contributed by atoms with Crippen molar-refractivity contribution in [3.05, 3.63) is 28.2 Å². The van der Waals surface area contributed by atoms with Gasteiger partial charge in [0.1, 0.15) is 5.75 Å². The van der Waals surface area contributed by atoms with Crippen LogP contribution in [0, 0.1) is 0 Å². The molecule has 2 rings (SSSR count). The van der Waals surface area contributed by atoms with Crippen molar-refractivity contribution in [2.75, 3.05) is 24.8 Å². The van der Waals surface area contributed by atoms with Gasteiger partial charge in [-0.05, 0) is 18.2 Å². The summed E-state index contributed by atoms with van der Waals surface area (Å²) in [6.45, 7) is -0.244. The van der Waals surface area contributed by atoms with Gasteiger partial charge in [-0.25, -0.2) is 0 Å². The summed E-state index contributed by atoms with van der Waals surface area (Å²) in [6.07, 6.45) is 0. The molecule has 0 bridgehead atoms.